The molecule has 0 atom stereocenters. The molecule has 0 saturated heterocycles. The summed E-state index contributed by atoms with van der Waals surface area (Å²) in [4.78, 5) is 24.5. The predicted molar refractivity (Wildman–Crippen MR) is 115 cm³/mol. The number of rotatable bonds is 6. The first-order valence-electron chi connectivity index (χ1n) is 9.30. The summed E-state index contributed by atoms with van der Waals surface area (Å²) in [5.41, 5.74) is 6.02. The number of aryl methyl sites for hydroxylation is 1. The van der Waals surface area contributed by atoms with E-state index in [1.807, 2.05) is 6.07 Å². The Labute approximate surface area is 180 Å². The third kappa shape index (κ3) is 5.68. The fourth-order valence-corrected chi connectivity index (χ4v) is 3.81. The Morgan fingerprint density at radius 1 is 0.871 bits per heavy atom. The van der Waals surface area contributed by atoms with Gasteiger partial charge in [0.25, 0.3) is 11.8 Å². The van der Waals surface area contributed by atoms with E-state index >= 15 is 0 Å². The number of hydrogen-bond donors (Lipinski definition) is 4. The smallest absolute Gasteiger partial charge is 0.273 e. The van der Waals surface area contributed by atoms with Crippen LogP contribution < -0.4 is 15.6 Å². The number of aromatic hydroxyl groups is 1. The maximum absolute atomic E-state index is 12.6. The molecule has 0 heterocycles. The molecule has 0 unspecified atom stereocenters. The van der Waals surface area contributed by atoms with Crippen LogP contribution in [-0.4, -0.2) is 25.3 Å². The molecule has 0 saturated carbocycles. The highest BCUT2D eigenvalue weighted by atomic mass is 32.2. The van der Waals surface area contributed by atoms with Gasteiger partial charge in [-0.3, -0.25) is 20.4 Å². The number of carbonyl (C=O) groups is 2. The molecule has 31 heavy (non-hydrogen) atoms. The fourth-order valence-electron chi connectivity index (χ4n) is 2.75. The molecule has 0 bridgehead atoms. The van der Waals surface area contributed by atoms with Gasteiger partial charge >= 0.3 is 0 Å². The molecule has 3 aromatic rings. The Kier molecular flexibility index (Phi) is 6.68. The lowest BCUT2D eigenvalue weighted by atomic mass is 10.1. The number of benzene rings is 3. The lowest BCUT2D eigenvalue weighted by Gasteiger charge is -2.11. The normalized spacial score (nSPS) is 11.0. The standard InChI is InChI=1S/C22H21N3O5S/c1-15-10-11-20(26)19(12-15)22(28)25-24-21(27)17-8-5-9-18(13-17)31(29,30)23-14-16-6-3-2-4-7-16/h2-13,23,26H,14H2,1H3,(H,24,27)(H,25,28). The maximum atomic E-state index is 12.6. The van der Waals surface area contributed by atoms with Crippen molar-refractivity contribution < 1.29 is 23.1 Å². The first kappa shape index (κ1) is 22.0. The summed E-state index contributed by atoms with van der Waals surface area (Å²) < 4.78 is 27.6. The van der Waals surface area contributed by atoms with Gasteiger partial charge in [-0.25, -0.2) is 13.1 Å². The van der Waals surface area contributed by atoms with Crippen LogP contribution in [0.4, 0.5) is 0 Å². The molecule has 3 rings (SSSR count). The minimum Gasteiger partial charge on any atom is -0.507 e. The lowest BCUT2D eigenvalue weighted by Crippen LogP contribution is -2.41. The number of phenolic OH excluding ortho intramolecular Hbond substituents is 1. The third-order valence-electron chi connectivity index (χ3n) is 4.40. The van der Waals surface area contributed by atoms with Gasteiger partial charge in [-0.1, -0.05) is 48.0 Å². The second kappa shape index (κ2) is 9.41. The van der Waals surface area contributed by atoms with Crippen molar-refractivity contribution >= 4 is 21.8 Å². The molecule has 0 radical (unpaired) electrons. The van der Waals surface area contributed by atoms with Gasteiger partial charge in [0, 0.05) is 12.1 Å². The van der Waals surface area contributed by atoms with E-state index < -0.39 is 21.8 Å². The Balaban J connectivity index is 1.66. The van der Waals surface area contributed by atoms with Gasteiger partial charge in [-0.05, 0) is 42.8 Å². The summed E-state index contributed by atoms with van der Waals surface area (Å²) in [7, 11) is -3.85. The molecule has 2 amide bonds. The van der Waals surface area contributed by atoms with E-state index in [4.69, 9.17) is 0 Å². The van der Waals surface area contributed by atoms with Crippen molar-refractivity contribution in [2.24, 2.45) is 0 Å². The number of phenols is 1. The van der Waals surface area contributed by atoms with Crippen LogP contribution in [-0.2, 0) is 16.6 Å². The van der Waals surface area contributed by atoms with Gasteiger partial charge in [0.15, 0.2) is 0 Å². The van der Waals surface area contributed by atoms with Crippen LogP contribution in [0, 0.1) is 6.92 Å². The van der Waals surface area contributed by atoms with Crippen LogP contribution in [0.1, 0.15) is 31.8 Å². The van der Waals surface area contributed by atoms with E-state index in [1.54, 1.807) is 37.3 Å². The summed E-state index contributed by atoms with van der Waals surface area (Å²) in [6, 6.07) is 18.9. The van der Waals surface area contributed by atoms with Gasteiger partial charge in [0.1, 0.15) is 5.75 Å². The zero-order valence-corrected chi connectivity index (χ0v) is 17.4. The van der Waals surface area contributed by atoms with Gasteiger partial charge in [-0.2, -0.15) is 0 Å². The average molecular weight is 439 g/mol. The lowest BCUT2D eigenvalue weighted by molar-refractivity contribution is 0.0845. The molecule has 8 nitrogen and oxygen atoms in total. The van der Waals surface area contributed by atoms with Gasteiger partial charge < -0.3 is 5.11 Å². The van der Waals surface area contributed by atoms with Crippen LogP contribution >= 0.6 is 0 Å². The van der Waals surface area contributed by atoms with E-state index in [9.17, 15) is 23.1 Å². The van der Waals surface area contributed by atoms with Crippen LogP contribution in [0.2, 0.25) is 0 Å². The van der Waals surface area contributed by atoms with Crippen molar-refractivity contribution in [3.05, 3.63) is 95.1 Å². The fraction of sp³-hybridized carbons (Fsp3) is 0.0909. The quantitative estimate of drug-likeness (QED) is 0.439. The first-order valence-corrected chi connectivity index (χ1v) is 10.8. The summed E-state index contributed by atoms with van der Waals surface area (Å²) in [6.45, 7) is 1.86. The molecule has 9 heteroatoms. The largest absolute Gasteiger partial charge is 0.507 e. The number of hydrazine groups is 1. The Morgan fingerprint density at radius 3 is 2.32 bits per heavy atom. The van der Waals surface area contributed by atoms with Crippen LogP contribution in [0.5, 0.6) is 5.75 Å². The maximum Gasteiger partial charge on any atom is 0.273 e. The Hall–Kier alpha value is -3.69. The molecule has 3 aromatic carbocycles. The van der Waals surface area contributed by atoms with Crippen molar-refractivity contribution in [3.63, 3.8) is 0 Å². The molecule has 160 valence electrons. The van der Waals surface area contributed by atoms with Gasteiger partial charge in [-0.15, -0.1) is 0 Å². The Bertz CT molecular complexity index is 1210. The van der Waals surface area contributed by atoms with Crippen molar-refractivity contribution in [3.8, 4) is 5.75 Å². The van der Waals surface area contributed by atoms with Crippen molar-refractivity contribution in [2.45, 2.75) is 18.4 Å². The second-order valence-corrected chi connectivity index (χ2v) is 8.53. The van der Waals surface area contributed by atoms with E-state index in [-0.39, 0.29) is 28.3 Å². The molecule has 0 spiro atoms. The van der Waals surface area contributed by atoms with Crippen LogP contribution in [0.3, 0.4) is 0 Å². The zero-order chi connectivity index (χ0) is 22.4. The van der Waals surface area contributed by atoms with Crippen molar-refractivity contribution in [1.29, 1.82) is 0 Å². The minimum atomic E-state index is -3.85. The molecule has 0 aliphatic carbocycles. The number of sulfonamides is 1. The van der Waals surface area contributed by atoms with Crippen LogP contribution in [0.15, 0.2) is 77.7 Å². The summed E-state index contributed by atoms with van der Waals surface area (Å²) >= 11 is 0. The SMILES string of the molecule is Cc1ccc(O)c(C(=O)NNC(=O)c2cccc(S(=O)(=O)NCc3ccccc3)c2)c1. The van der Waals surface area contributed by atoms with Gasteiger partial charge in [0.2, 0.25) is 10.0 Å². The second-order valence-electron chi connectivity index (χ2n) is 6.77. The van der Waals surface area contributed by atoms with Crippen molar-refractivity contribution in [1.82, 2.24) is 15.6 Å². The summed E-state index contributed by atoms with van der Waals surface area (Å²) in [5, 5.41) is 9.80. The topological polar surface area (TPSA) is 125 Å². The van der Waals surface area contributed by atoms with E-state index in [0.29, 0.717) is 0 Å². The molecule has 0 aromatic heterocycles. The summed E-state index contributed by atoms with van der Waals surface area (Å²) in [5.74, 6) is -1.64. The third-order valence-corrected chi connectivity index (χ3v) is 5.80. The van der Waals surface area contributed by atoms with E-state index in [1.165, 1.54) is 36.4 Å². The van der Waals surface area contributed by atoms with Gasteiger partial charge in [0.05, 0.1) is 10.5 Å². The molecule has 4 N–H and O–H groups in total. The molecule has 0 fully saturated rings. The summed E-state index contributed by atoms with van der Waals surface area (Å²) in [6.07, 6.45) is 0. The Morgan fingerprint density at radius 2 is 1.58 bits per heavy atom. The zero-order valence-electron chi connectivity index (χ0n) is 16.6. The number of nitrogens with one attached hydrogen (secondary N) is 3. The van der Waals surface area contributed by atoms with E-state index in [2.05, 4.69) is 15.6 Å². The minimum absolute atomic E-state index is 0.00161. The van der Waals surface area contributed by atoms with Crippen molar-refractivity contribution in [2.75, 3.05) is 0 Å². The molecule has 0 aliphatic heterocycles. The van der Waals surface area contributed by atoms with Crippen LogP contribution in [0.25, 0.3) is 0 Å². The molecule has 0 aliphatic rings. The first-order chi connectivity index (χ1) is 14.8. The highest BCUT2D eigenvalue weighted by molar-refractivity contribution is 7.89. The average Bonchev–Trinajstić information content (AvgIpc) is 2.78. The van der Waals surface area contributed by atoms with E-state index in [0.717, 1.165) is 11.1 Å². The number of hydrogen-bond acceptors (Lipinski definition) is 5. The predicted octanol–water partition coefficient (Wildman–Crippen LogP) is 2.25. The highest BCUT2D eigenvalue weighted by Gasteiger charge is 2.17. The number of amides is 2. The molecular formula is C22H21N3O5S. The highest BCUT2D eigenvalue weighted by Crippen LogP contribution is 2.18. The number of carbonyl (C=O) groups excluding carboxylic acids is 2. The monoisotopic (exact) mass is 439 g/mol. The molecular weight excluding hydrogens is 418 g/mol.